The number of imidazole rings is 1. The van der Waals surface area contributed by atoms with Crippen molar-refractivity contribution >= 4 is 21.4 Å². The summed E-state index contributed by atoms with van der Waals surface area (Å²) in [6.07, 6.45) is 5.91. The van der Waals surface area contributed by atoms with Crippen LogP contribution in [0.1, 0.15) is 25.7 Å². The minimum absolute atomic E-state index is 0.565. The fourth-order valence-corrected chi connectivity index (χ4v) is 3.75. The quantitative estimate of drug-likeness (QED) is 0.776. The molecule has 1 fully saturated rings. The van der Waals surface area contributed by atoms with Crippen LogP contribution in [0.5, 0.6) is 0 Å². The van der Waals surface area contributed by atoms with Crippen LogP contribution in [0.25, 0.3) is 16.2 Å². The van der Waals surface area contributed by atoms with Gasteiger partial charge in [0.15, 0.2) is 0 Å². The molecule has 0 radical (unpaired) electrons. The fourth-order valence-electron chi connectivity index (χ4n) is 2.97. The smallest absolute Gasteiger partial charge is 0.214 e. The van der Waals surface area contributed by atoms with Crippen molar-refractivity contribution in [3.05, 3.63) is 36.5 Å². The number of hydrogen-bond donors (Lipinski definition) is 2. The molecular weight excluding hydrogens is 296 g/mol. The predicted molar refractivity (Wildman–Crippen MR) is 88.2 cm³/mol. The van der Waals surface area contributed by atoms with Gasteiger partial charge in [-0.25, -0.2) is 9.50 Å². The van der Waals surface area contributed by atoms with Crippen LogP contribution < -0.4 is 5.32 Å². The Kier molecular flexibility index (Phi) is 3.35. The molecule has 5 nitrogen and oxygen atoms in total. The Hall–Kier alpha value is -1.92. The summed E-state index contributed by atoms with van der Waals surface area (Å²) in [7, 11) is 0. The molecule has 1 aromatic carbocycles. The van der Waals surface area contributed by atoms with Crippen molar-refractivity contribution in [3.8, 4) is 11.3 Å². The number of hydrogen-bond acceptors (Lipinski definition) is 5. The van der Waals surface area contributed by atoms with Crippen molar-refractivity contribution in [3.63, 3.8) is 0 Å². The normalized spacial score (nSPS) is 17.1. The highest BCUT2D eigenvalue weighted by Crippen LogP contribution is 2.30. The maximum Gasteiger partial charge on any atom is 0.214 e. The molecule has 1 aliphatic carbocycles. The second-order valence-electron chi connectivity index (χ2n) is 5.91. The van der Waals surface area contributed by atoms with E-state index < -0.39 is 5.60 Å². The molecule has 1 aliphatic rings. The number of aromatic nitrogens is 3. The highest BCUT2D eigenvalue weighted by atomic mass is 32.1. The molecule has 3 aromatic rings. The predicted octanol–water partition coefficient (Wildman–Crippen LogP) is 3.17. The summed E-state index contributed by atoms with van der Waals surface area (Å²) in [4.78, 5) is 5.48. The summed E-state index contributed by atoms with van der Waals surface area (Å²) in [5, 5.41) is 18.9. The molecule has 0 amide bonds. The minimum atomic E-state index is -0.567. The molecule has 0 atom stereocenters. The number of fused-ring (bicyclic) bond motifs is 1. The van der Waals surface area contributed by atoms with Crippen molar-refractivity contribution in [2.75, 3.05) is 11.9 Å². The Bertz CT molecular complexity index is 742. The van der Waals surface area contributed by atoms with Gasteiger partial charge in [0.25, 0.3) is 0 Å². The average Bonchev–Trinajstić information content (AvgIpc) is 3.21. The largest absolute Gasteiger partial charge is 0.388 e. The van der Waals surface area contributed by atoms with Crippen LogP contribution >= 0.6 is 11.3 Å². The first-order chi connectivity index (χ1) is 10.7. The summed E-state index contributed by atoms with van der Waals surface area (Å²) >= 11 is 1.51. The van der Waals surface area contributed by atoms with Gasteiger partial charge in [0.2, 0.25) is 10.1 Å². The van der Waals surface area contributed by atoms with Crippen molar-refractivity contribution < 1.29 is 5.11 Å². The fraction of sp³-hybridized carbons (Fsp3) is 0.375. The molecule has 0 spiro atoms. The highest BCUT2D eigenvalue weighted by Gasteiger charge is 2.31. The second kappa shape index (κ2) is 5.37. The number of aliphatic hydroxyl groups is 1. The van der Waals surface area contributed by atoms with Crippen LogP contribution in [0.3, 0.4) is 0 Å². The molecule has 0 aliphatic heterocycles. The van der Waals surface area contributed by atoms with Crippen molar-refractivity contribution in [2.45, 2.75) is 31.3 Å². The van der Waals surface area contributed by atoms with Gasteiger partial charge >= 0.3 is 0 Å². The van der Waals surface area contributed by atoms with E-state index in [4.69, 9.17) is 0 Å². The summed E-state index contributed by atoms with van der Waals surface area (Å²) in [5.74, 6) is 0. The average molecular weight is 314 g/mol. The van der Waals surface area contributed by atoms with E-state index >= 15 is 0 Å². The summed E-state index contributed by atoms with van der Waals surface area (Å²) in [6.45, 7) is 0.565. The molecule has 0 unspecified atom stereocenters. The Morgan fingerprint density at radius 1 is 1.23 bits per heavy atom. The zero-order valence-electron chi connectivity index (χ0n) is 12.2. The molecule has 2 aromatic heterocycles. The lowest BCUT2D eigenvalue weighted by molar-refractivity contribution is 0.0614. The second-order valence-corrected chi connectivity index (χ2v) is 6.87. The zero-order chi connectivity index (χ0) is 15.0. The van der Waals surface area contributed by atoms with Crippen LogP contribution in [-0.4, -0.2) is 31.9 Å². The van der Waals surface area contributed by atoms with Crippen LogP contribution in [0.15, 0.2) is 36.5 Å². The molecule has 6 heteroatoms. The van der Waals surface area contributed by atoms with Crippen molar-refractivity contribution in [1.29, 1.82) is 0 Å². The molecule has 114 valence electrons. The highest BCUT2D eigenvalue weighted by molar-refractivity contribution is 7.20. The number of nitrogens with zero attached hydrogens (tertiary/aromatic N) is 3. The topological polar surface area (TPSA) is 62.5 Å². The summed E-state index contributed by atoms with van der Waals surface area (Å²) < 4.78 is 1.80. The van der Waals surface area contributed by atoms with Crippen molar-refractivity contribution in [1.82, 2.24) is 14.6 Å². The first-order valence-electron chi connectivity index (χ1n) is 7.60. The van der Waals surface area contributed by atoms with Gasteiger partial charge in [-0.1, -0.05) is 54.5 Å². The van der Waals surface area contributed by atoms with Gasteiger partial charge in [-0.05, 0) is 12.8 Å². The van der Waals surface area contributed by atoms with Gasteiger partial charge in [0, 0.05) is 12.1 Å². The van der Waals surface area contributed by atoms with Gasteiger partial charge in [-0.3, -0.25) is 0 Å². The molecule has 0 bridgehead atoms. The van der Waals surface area contributed by atoms with Crippen LogP contribution in [0.2, 0.25) is 0 Å². The van der Waals surface area contributed by atoms with E-state index in [0.29, 0.717) is 6.54 Å². The third kappa shape index (κ3) is 2.60. The van der Waals surface area contributed by atoms with E-state index in [9.17, 15) is 5.11 Å². The zero-order valence-corrected chi connectivity index (χ0v) is 13.0. The van der Waals surface area contributed by atoms with Crippen LogP contribution in [0.4, 0.5) is 5.13 Å². The maximum absolute atomic E-state index is 10.4. The van der Waals surface area contributed by atoms with Crippen molar-refractivity contribution in [2.24, 2.45) is 0 Å². The molecule has 2 N–H and O–H groups in total. The maximum atomic E-state index is 10.4. The molecule has 1 saturated carbocycles. The number of nitrogens with one attached hydrogen (secondary N) is 1. The lowest BCUT2D eigenvalue weighted by atomic mass is 10.0. The Morgan fingerprint density at radius 2 is 2.00 bits per heavy atom. The third-order valence-corrected chi connectivity index (χ3v) is 5.10. The van der Waals surface area contributed by atoms with E-state index in [-0.39, 0.29) is 0 Å². The Balaban J connectivity index is 1.51. The first-order valence-corrected chi connectivity index (χ1v) is 8.41. The van der Waals surface area contributed by atoms with Gasteiger partial charge in [-0.2, -0.15) is 0 Å². The Morgan fingerprint density at radius 3 is 2.73 bits per heavy atom. The van der Waals surface area contributed by atoms with E-state index in [0.717, 1.165) is 47.0 Å². The first kappa shape index (κ1) is 13.7. The van der Waals surface area contributed by atoms with Crippen LogP contribution in [0, 0.1) is 0 Å². The van der Waals surface area contributed by atoms with Gasteiger partial charge in [0.1, 0.15) is 0 Å². The monoisotopic (exact) mass is 314 g/mol. The summed E-state index contributed by atoms with van der Waals surface area (Å²) in [5.41, 5.74) is 1.46. The van der Waals surface area contributed by atoms with E-state index in [2.05, 4.69) is 15.4 Å². The molecule has 22 heavy (non-hydrogen) atoms. The number of anilines is 1. The minimum Gasteiger partial charge on any atom is -0.388 e. The number of rotatable bonds is 4. The molecule has 4 rings (SSSR count). The third-order valence-electron chi connectivity index (χ3n) is 4.22. The van der Waals surface area contributed by atoms with Gasteiger partial charge in [-0.15, -0.1) is 5.10 Å². The SMILES string of the molecule is OC1(CNc2nn3cc(-c4ccccc4)nc3s2)CCCC1. The molecular formula is C16H18N4OS. The molecule has 0 saturated heterocycles. The lowest BCUT2D eigenvalue weighted by Crippen LogP contribution is -2.33. The molecule has 2 heterocycles. The van der Waals surface area contributed by atoms with E-state index in [1.165, 1.54) is 11.3 Å². The lowest BCUT2D eigenvalue weighted by Gasteiger charge is -2.21. The van der Waals surface area contributed by atoms with Gasteiger partial charge in [0.05, 0.1) is 17.5 Å². The van der Waals surface area contributed by atoms with E-state index in [1.807, 2.05) is 36.5 Å². The van der Waals surface area contributed by atoms with Gasteiger partial charge < -0.3 is 10.4 Å². The Labute approximate surface area is 132 Å². The number of benzene rings is 1. The standard InChI is InChI=1S/C16H18N4OS/c21-16(8-4-5-9-16)11-17-14-19-20-10-13(18-15(20)22-14)12-6-2-1-3-7-12/h1-3,6-7,10,21H,4-5,8-9,11H2,(H,17,19). The summed E-state index contributed by atoms with van der Waals surface area (Å²) in [6, 6.07) is 10.1. The van der Waals surface area contributed by atoms with Crippen LogP contribution in [-0.2, 0) is 0 Å². The van der Waals surface area contributed by atoms with E-state index in [1.54, 1.807) is 4.52 Å².